The third kappa shape index (κ3) is 3.45. The first-order valence-corrected chi connectivity index (χ1v) is 6.14. The lowest BCUT2D eigenvalue weighted by atomic mass is 10.2. The van der Waals surface area contributed by atoms with Crippen molar-refractivity contribution in [2.45, 2.75) is 32.7 Å². The summed E-state index contributed by atoms with van der Waals surface area (Å²) in [5.74, 6) is -1.22. The smallest absolute Gasteiger partial charge is 0.312 e. The molecule has 6 nitrogen and oxygen atoms in total. The number of hydrogen-bond acceptors (Lipinski definition) is 4. The fourth-order valence-electron chi connectivity index (χ4n) is 1.91. The third-order valence-electron chi connectivity index (χ3n) is 3.00. The second-order valence-electron chi connectivity index (χ2n) is 4.56. The minimum Gasteiger partial charge on any atom is -0.469 e. The lowest BCUT2D eigenvalue weighted by Gasteiger charge is -2.35. The van der Waals surface area contributed by atoms with Gasteiger partial charge in [-0.25, -0.2) is 0 Å². The van der Waals surface area contributed by atoms with Crippen molar-refractivity contribution in [3.05, 3.63) is 0 Å². The second kappa shape index (κ2) is 6.37. The Morgan fingerprint density at radius 2 is 1.94 bits per heavy atom. The number of nitrogens with zero attached hydrogens (tertiary/aromatic N) is 2. The van der Waals surface area contributed by atoms with Crippen LogP contribution in [0.25, 0.3) is 0 Å². The van der Waals surface area contributed by atoms with Crippen LogP contribution in [0, 0.1) is 0 Å². The number of ether oxygens (including phenoxy) is 1. The van der Waals surface area contributed by atoms with Crippen molar-refractivity contribution in [2.75, 3.05) is 26.7 Å². The van der Waals surface area contributed by atoms with Gasteiger partial charge in [0, 0.05) is 32.1 Å². The van der Waals surface area contributed by atoms with Gasteiger partial charge < -0.3 is 14.5 Å². The summed E-state index contributed by atoms with van der Waals surface area (Å²) in [5.41, 5.74) is 0. The number of amides is 2. The van der Waals surface area contributed by atoms with E-state index in [9.17, 15) is 14.4 Å². The SMILES string of the molecule is COC(=O)CCCN1CCN(C(C)C)C(=O)C1=O. The van der Waals surface area contributed by atoms with Crippen LogP contribution in [0.1, 0.15) is 26.7 Å². The average Bonchev–Trinajstić information content (AvgIpc) is 2.33. The molecule has 1 fully saturated rings. The summed E-state index contributed by atoms with van der Waals surface area (Å²) in [5, 5.41) is 0. The van der Waals surface area contributed by atoms with Gasteiger partial charge in [0.05, 0.1) is 7.11 Å². The van der Waals surface area contributed by atoms with Crippen LogP contribution >= 0.6 is 0 Å². The highest BCUT2D eigenvalue weighted by molar-refractivity contribution is 6.35. The second-order valence-corrected chi connectivity index (χ2v) is 4.56. The highest BCUT2D eigenvalue weighted by atomic mass is 16.5. The fourth-order valence-corrected chi connectivity index (χ4v) is 1.91. The van der Waals surface area contributed by atoms with Gasteiger partial charge in [-0.2, -0.15) is 0 Å². The largest absolute Gasteiger partial charge is 0.469 e. The molecular formula is C12H20N2O4. The standard InChI is InChI=1S/C12H20N2O4/c1-9(2)14-8-7-13(11(16)12(14)17)6-4-5-10(15)18-3/h9H,4-8H2,1-3H3. The first kappa shape index (κ1) is 14.5. The van der Waals surface area contributed by atoms with Crippen molar-refractivity contribution >= 4 is 17.8 Å². The Balaban J connectivity index is 2.44. The van der Waals surface area contributed by atoms with E-state index in [1.165, 1.54) is 12.0 Å². The molecular weight excluding hydrogens is 236 g/mol. The molecule has 1 aliphatic rings. The molecule has 1 saturated heterocycles. The van der Waals surface area contributed by atoms with E-state index in [2.05, 4.69) is 4.74 Å². The number of esters is 1. The van der Waals surface area contributed by atoms with Crippen LogP contribution in [-0.2, 0) is 19.1 Å². The minimum atomic E-state index is -0.472. The molecule has 18 heavy (non-hydrogen) atoms. The van der Waals surface area contributed by atoms with Gasteiger partial charge in [-0.05, 0) is 20.3 Å². The monoisotopic (exact) mass is 256 g/mol. The summed E-state index contributed by atoms with van der Waals surface area (Å²) in [6.07, 6.45) is 0.787. The quantitative estimate of drug-likeness (QED) is 0.513. The van der Waals surface area contributed by atoms with Crippen LogP contribution in [0.4, 0.5) is 0 Å². The Hall–Kier alpha value is -1.59. The molecule has 0 aromatic heterocycles. The lowest BCUT2D eigenvalue weighted by Crippen LogP contribution is -2.56. The van der Waals surface area contributed by atoms with Gasteiger partial charge in [0.2, 0.25) is 0 Å². The Morgan fingerprint density at radius 3 is 2.50 bits per heavy atom. The molecule has 0 aromatic rings. The maximum absolute atomic E-state index is 11.8. The van der Waals surface area contributed by atoms with Gasteiger partial charge in [0.15, 0.2) is 0 Å². The molecule has 0 bridgehead atoms. The molecule has 0 aliphatic carbocycles. The first-order valence-electron chi connectivity index (χ1n) is 6.14. The summed E-state index contributed by atoms with van der Waals surface area (Å²) in [7, 11) is 1.33. The van der Waals surface area contributed by atoms with Crippen LogP contribution in [0.2, 0.25) is 0 Å². The fraction of sp³-hybridized carbons (Fsp3) is 0.750. The van der Waals surface area contributed by atoms with Crippen LogP contribution in [0.5, 0.6) is 0 Å². The molecule has 1 aliphatic heterocycles. The number of piperazine rings is 1. The summed E-state index contributed by atoms with van der Waals surface area (Å²) in [6, 6.07) is 0.0404. The highest BCUT2D eigenvalue weighted by Gasteiger charge is 2.33. The molecule has 1 rings (SSSR count). The van der Waals surface area contributed by atoms with E-state index in [0.29, 0.717) is 26.1 Å². The molecule has 0 spiro atoms. The summed E-state index contributed by atoms with van der Waals surface area (Å²) >= 11 is 0. The highest BCUT2D eigenvalue weighted by Crippen LogP contribution is 2.09. The van der Waals surface area contributed by atoms with Crippen molar-refractivity contribution in [1.82, 2.24) is 9.80 Å². The number of hydrogen-bond donors (Lipinski definition) is 0. The zero-order valence-electron chi connectivity index (χ0n) is 11.1. The first-order chi connectivity index (χ1) is 8.47. The summed E-state index contributed by atoms with van der Waals surface area (Å²) in [6.45, 7) is 5.28. The third-order valence-corrected chi connectivity index (χ3v) is 3.00. The number of carbonyl (C=O) groups excluding carboxylic acids is 3. The summed E-state index contributed by atoms with van der Waals surface area (Å²) in [4.78, 5) is 37.6. The van der Waals surface area contributed by atoms with Gasteiger partial charge in [0.25, 0.3) is 0 Å². The Bertz CT molecular complexity index is 341. The van der Waals surface area contributed by atoms with Crippen molar-refractivity contribution in [1.29, 1.82) is 0 Å². The Morgan fingerprint density at radius 1 is 1.28 bits per heavy atom. The zero-order valence-corrected chi connectivity index (χ0v) is 11.1. The van der Waals surface area contributed by atoms with Gasteiger partial charge >= 0.3 is 17.8 Å². The molecule has 6 heteroatoms. The normalized spacial score (nSPS) is 16.4. The van der Waals surface area contributed by atoms with E-state index in [0.717, 1.165) is 0 Å². The molecule has 0 unspecified atom stereocenters. The zero-order chi connectivity index (χ0) is 13.7. The van der Waals surface area contributed by atoms with Gasteiger partial charge in [-0.1, -0.05) is 0 Å². The van der Waals surface area contributed by atoms with Crippen LogP contribution in [0.15, 0.2) is 0 Å². The minimum absolute atomic E-state index is 0.0404. The number of carbonyl (C=O) groups is 3. The topological polar surface area (TPSA) is 66.9 Å². The van der Waals surface area contributed by atoms with Gasteiger partial charge in [-0.15, -0.1) is 0 Å². The predicted octanol–water partition coefficient (Wildman–Crippen LogP) is 0.0188. The number of methoxy groups -OCH3 is 1. The van der Waals surface area contributed by atoms with E-state index in [1.54, 1.807) is 4.90 Å². The van der Waals surface area contributed by atoms with Crippen LogP contribution in [0.3, 0.4) is 0 Å². The van der Waals surface area contributed by atoms with Crippen molar-refractivity contribution in [2.24, 2.45) is 0 Å². The molecule has 0 aromatic carbocycles. The Kier molecular flexibility index (Phi) is 5.12. The van der Waals surface area contributed by atoms with E-state index in [-0.39, 0.29) is 18.4 Å². The average molecular weight is 256 g/mol. The van der Waals surface area contributed by atoms with Crippen molar-refractivity contribution < 1.29 is 19.1 Å². The summed E-state index contributed by atoms with van der Waals surface area (Å²) < 4.78 is 4.52. The molecule has 0 N–H and O–H groups in total. The maximum Gasteiger partial charge on any atom is 0.312 e. The van der Waals surface area contributed by atoms with E-state index in [4.69, 9.17) is 0 Å². The molecule has 0 radical (unpaired) electrons. The molecule has 1 heterocycles. The molecule has 0 saturated carbocycles. The van der Waals surface area contributed by atoms with E-state index in [1.807, 2.05) is 13.8 Å². The van der Waals surface area contributed by atoms with Crippen molar-refractivity contribution in [3.63, 3.8) is 0 Å². The molecule has 2 amide bonds. The number of rotatable bonds is 5. The molecule has 102 valence electrons. The van der Waals surface area contributed by atoms with Crippen molar-refractivity contribution in [3.8, 4) is 0 Å². The van der Waals surface area contributed by atoms with Crippen LogP contribution in [-0.4, -0.2) is 60.4 Å². The van der Waals surface area contributed by atoms with E-state index >= 15 is 0 Å². The van der Waals surface area contributed by atoms with Gasteiger partial charge in [-0.3, -0.25) is 14.4 Å². The Labute approximate surface area is 107 Å². The lowest BCUT2D eigenvalue weighted by molar-refractivity contribution is -0.157. The van der Waals surface area contributed by atoms with E-state index < -0.39 is 11.8 Å². The van der Waals surface area contributed by atoms with Crippen LogP contribution < -0.4 is 0 Å². The predicted molar refractivity (Wildman–Crippen MR) is 64.7 cm³/mol. The van der Waals surface area contributed by atoms with Gasteiger partial charge in [0.1, 0.15) is 0 Å². The maximum atomic E-state index is 11.8. The molecule has 0 atom stereocenters.